The number of nitrogens with zero attached hydrogens (tertiary/aromatic N) is 1. The summed E-state index contributed by atoms with van der Waals surface area (Å²) in [6, 6.07) is 10.1. The zero-order valence-electron chi connectivity index (χ0n) is 11.1. The van der Waals surface area contributed by atoms with E-state index < -0.39 is 0 Å². The number of urea groups is 1. The lowest BCUT2D eigenvalue weighted by Crippen LogP contribution is -2.47. The van der Waals surface area contributed by atoms with Gasteiger partial charge in [0.25, 0.3) is 0 Å². The number of hydrogen-bond donors (Lipinski definition) is 2. The average Bonchev–Trinajstić information content (AvgIpc) is 2.93. The zero-order valence-corrected chi connectivity index (χ0v) is 11.1. The second kappa shape index (κ2) is 5.61. The molecule has 0 aliphatic carbocycles. The van der Waals surface area contributed by atoms with Crippen LogP contribution in [0.4, 0.5) is 4.79 Å². The van der Waals surface area contributed by atoms with Crippen LogP contribution in [0.3, 0.4) is 0 Å². The fourth-order valence-corrected chi connectivity index (χ4v) is 3.10. The molecular formula is C15H21N3O. The van der Waals surface area contributed by atoms with Crippen molar-refractivity contribution in [3.05, 3.63) is 35.9 Å². The minimum atomic E-state index is 0.0780. The van der Waals surface area contributed by atoms with Crippen LogP contribution >= 0.6 is 0 Å². The van der Waals surface area contributed by atoms with Crippen LogP contribution in [-0.4, -0.2) is 37.1 Å². The van der Waals surface area contributed by atoms with Crippen molar-refractivity contribution < 1.29 is 4.79 Å². The van der Waals surface area contributed by atoms with Gasteiger partial charge in [-0.3, -0.25) is 0 Å². The summed E-state index contributed by atoms with van der Waals surface area (Å²) in [7, 11) is 0. The van der Waals surface area contributed by atoms with Gasteiger partial charge in [0.05, 0.1) is 0 Å². The van der Waals surface area contributed by atoms with E-state index in [0.29, 0.717) is 12.5 Å². The lowest BCUT2D eigenvalue weighted by Gasteiger charge is -2.34. The molecule has 2 aliphatic rings. The Morgan fingerprint density at radius 2 is 2.05 bits per heavy atom. The molecule has 102 valence electrons. The Balaban J connectivity index is 1.50. The van der Waals surface area contributed by atoms with Crippen LogP contribution in [0.1, 0.15) is 12.0 Å². The summed E-state index contributed by atoms with van der Waals surface area (Å²) in [5, 5.41) is 6.44. The van der Waals surface area contributed by atoms with Crippen LogP contribution in [0.25, 0.3) is 0 Å². The summed E-state index contributed by atoms with van der Waals surface area (Å²) < 4.78 is 0. The van der Waals surface area contributed by atoms with Crippen LogP contribution in [0.2, 0.25) is 0 Å². The SMILES string of the molecule is O=C(NCc1ccccc1)N1CCC2CNCC2C1. The third-order valence-electron chi connectivity index (χ3n) is 4.28. The standard InChI is InChI=1S/C15H21N3O/c19-15(17-8-12-4-2-1-3-5-12)18-7-6-13-9-16-10-14(13)11-18/h1-5,13-14,16H,6-11H2,(H,17,19). The zero-order chi connectivity index (χ0) is 13.1. The molecule has 2 fully saturated rings. The molecule has 2 atom stereocenters. The molecule has 0 aromatic heterocycles. The molecule has 2 aliphatic heterocycles. The van der Waals surface area contributed by atoms with Crippen LogP contribution in [-0.2, 0) is 6.54 Å². The highest BCUT2D eigenvalue weighted by Gasteiger charge is 2.34. The number of carbonyl (C=O) groups excluding carboxylic acids is 1. The van der Waals surface area contributed by atoms with E-state index in [0.717, 1.165) is 44.1 Å². The minimum absolute atomic E-state index is 0.0780. The van der Waals surface area contributed by atoms with Gasteiger partial charge in [0.1, 0.15) is 0 Å². The first-order chi connectivity index (χ1) is 9.33. The first-order valence-electron chi connectivity index (χ1n) is 7.10. The minimum Gasteiger partial charge on any atom is -0.334 e. The molecule has 2 unspecified atom stereocenters. The third-order valence-corrected chi connectivity index (χ3v) is 4.28. The van der Waals surface area contributed by atoms with Crippen molar-refractivity contribution in [3.8, 4) is 0 Å². The molecule has 0 spiro atoms. The monoisotopic (exact) mass is 259 g/mol. The van der Waals surface area contributed by atoms with Crippen molar-refractivity contribution >= 4 is 6.03 Å². The highest BCUT2D eigenvalue weighted by Crippen LogP contribution is 2.26. The molecule has 19 heavy (non-hydrogen) atoms. The first kappa shape index (κ1) is 12.5. The van der Waals surface area contributed by atoms with Crippen LogP contribution < -0.4 is 10.6 Å². The number of rotatable bonds is 2. The third kappa shape index (κ3) is 2.89. The normalized spacial score (nSPS) is 26.0. The van der Waals surface area contributed by atoms with Gasteiger partial charge in [-0.25, -0.2) is 4.79 Å². The summed E-state index contributed by atoms with van der Waals surface area (Å²) in [6.07, 6.45) is 1.14. The fourth-order valence-electron chi connectivity index (χ4n) is 3.10. The van der Waals surface area contributed by atoms with Gasteiger partial charge in [0, 0.05) is 19.6 Å². The van der Waals surface area contributed by atoms with Gasteiger partial charge in [-0.1, -0.05) is 30.3 Å². The van der Waals surface area contributed by atoms with Crippen LogP contribution in [0.5, 0.6) is 0 Å². The van der Waals surface area contributed by atoms with E-state index in [4.69, 9.17) is 0 Å². The largest absolute Gasteiger partial charge is 0.334 e. The van der Waals surface area contributed by atoms with Crippen LogP contribution in [0.15, 0.2) is 30.3 Å². The molecule has 1 aromatic carbocycles. The average molecular weight is 259 g/mol. The Labute approximate surface area is 114 Å². The molecule has 4 nitrogen and oxygen atoms in total. The topological polar surface area (TPSA) is 44.4 Å². The van der Waals surface area contributed by atoms with Crippen molar-refractivity contribution in [2.45, 2.75) is 13.0 Å². The lowest BCUT2D eigenvalue weighted by molar-refractivity contribution is 0.151. The van der Waals surface area contributed by atoms with E-state index in [2.05, 4.69) is 10.6 Å². The van der Waals surface area contributed by atoms with Gasteiger partial charge in [0.15, 0.2) is 0 Å². The number of carbonyl (C=O) groups is 1. The smallest absolute Gasteiger partial charge is 0.317 e. The van der Waals surface area contributed by atoms with E-state index in [9.17, 15) is 4.79 Å². The van der Waals surface area contributed by atoms with Crippen molar-refractivity contribution in [1.29, 1.82) is 0 Å². The molecule has 1 aromatic rings. The van der Waals surface area contributed by atoms with Crippen molar-refractivity contribution in [3.63, 3.8) is 0 Å². The molecule has 2 heterocycles. The van der Waals surface area contributed by atoms with Crippen LogP contribution in [0, 0.1) is 11.8 Å². The Hall–Kier alpha value is -1.55. The number of nitrogens with one attached hydrogen (secondary N) is 2. The number of amides is 2. The molecule has 3 rings (SSSR count). The number of fused-ring (bicyclic) bond motifs is 1. The van der Waals surface area contributed by atoms with Gasteiger partial charge in [0.2, 0.25) is 0 Å². The van der Waals surface area contributed by atoms with Gasteiger partial charge in [-0.05, 0) is 36.9 Å². The van der Waals surface area contributed by atoms with Crippen molar-refractivity contribution in [2.75, 3.05) is 26.2 Å². The Kier molecular flexibility index (Phi) is 3.69. The Bertz CT molecular complexity index is 434. The fraction of sp³-hybridized carbons (Fsp3) is 0.533. The highest BCUT2D eigenvalue weighted by molar-refractivity contribution is 5.74. The highest BCUT2D eigenvalue weighted by atomic mass is 16.2. The maximum Gasteiger partial charge on any atom is 0.317 e. The van der Waals surface area contributed by atoms with E-state index in [-0.39, 0.29) is 6.03 Å². The predicted molar refractivity (Wildman–Crippen MR) is 74.7 cm³/mol. The predicted octanol–water partition coefficient (Wildman–Crippen LogP) is 1.44. The maximum atomic E-state index is 12.2. The maximum absolute atomic E-state index is 12.2. The molecule has 2 amide bonds. The Morgan fingerprint density at radius 3 is 2.89 bits per heavy atom. The molecule has 0 bridgehead atoms. The number of piperidine rings is 1. The van der Waals surface area contributed by atoms with Gasteiger partial charge >= 0.3 is 6.03 Å². The molecule has 0 radical (unpaired) electrons. The number of benzene rings is 1. The van der Waals surface area contributed by atoms with Crippen molar-refractivity contribution in [1.82, 2.24) is 15.5 Å². The lowest BCUT2D eigenvalue weighted by atomic mass is 9.89. The summed E-state index contributed by atoms with van der Waals surface area (Å²) >= 11 is 0. The molecule has 2 saturated heterocycles. The number of hydrogen-bond acceptors (Lipinski definition) is 2. The summed E-state index contributed by atoms with van der Waals surface area (Å²) in [6.45, 7) is 4.60. The summed E-state index contributed by atoms with van der Waals surface area (Å²) in [4.78, 5) is 14.1. The second-order valence-electron chi connectivity index (χ2n) is 5.56. The van der Waals surface area contributed by atoms with E-state index in [1.54, 1.807) is 0 Å². The van der Waals surface area contributed by atoms with E-state index in [1.807, 2.05) is 35.2 Å². The number of likely N-dealkylation sites (tertiary alicyclic amines) is 1. The molecule has 0 saturated carbocycles. The van der Waals surface area contributed by atoms with Gasteiger partial charge < -0.3 is 15.5 Å². The van der Waals surface area contributed by atoms with Gasteiger partial charge in [-0.15, -0.1) is 0 Å². The van der Waals surface area contributed by atoms with Crippen molar-refractivity contribution in [2.24, 2.45) is 11.8 Å². The molecule has 4 heteroatoms. The van der Waals surface area contributed by atoms with E-state index in [1.165, 1.54) is 0 Å². The summed E-state index contributed by atoms with van der Waals surface area (Å²) in [5.74, 6) is 1.43. The van der Waals surface area contributed by atoms with Gasteiger partial charge in [-0.2, -0.15) is 0 Å². The summed E-state index contributed by atoms with van der Waals surface area (Å²) in [5.41, 5.74) is 1.15. The Morgan fingerprint density at radius 1 is 1.26 bits per heavy atom. The first-order valence-corrected chi connectivity index (χ1v) is 7.10. The van der Waals surface area contributed by atoms with E-state index >= 15 is 0 Å². The molecule has 2 N–H and O–H groups in total. The molecular weight excluding hydrogens is 238 g/mol. The second-order valence-corrected chi connectivity index (χ2v) is 5.56. The quantitative estimate of drug-likeness (QED) is 0.844.